The van der Waals surface area contributed by atoms with Crippen molar-refractivity contribution in [3.63, 3.8) is 0 Å². The second-order valence-electron chi connectivity index (χ2n) is 9.32. The van der Waals surface area contributed by atoms with Gasteiger partial charge in [0, 0.05) is 36.3 Å². The molecule has 2 N–H and O–H groups in total. The molecular formula is C31H31N3O3. The third-order valence-corrected chi connectivity index (χ3v) is 7.05. The average molecular weight is 494 g/mol. The summed E-state index contributed by atoms with van der Waals surface area (Å²) in [6.07, 6.45) is 7.75. The molecule has 3 aromatic carbocycles. The van der Waals surface area contributed by atoms with Crippen LogP contribution in [0.15, 0.2) is 85.1 Å². The van der Waals surface area contributed by atoms with Crippen LogP contribution in [0.4, 0.5) is 4.79 Å². The van der Waals surface area contributed by atoms with Crippen LogP contribution in [0.3, 0.4) is 0 Å². The number of fused-ring (bicyclic) bond motifs is 2. The van der Waals surface area contributed by atoms with Crippen molar-refractivity contribution in [2.24, 2.45) is 0 Å². The number of ether oxygens (including phenoxy) is 1. The number of amides is 2. The Morgan fingerprint density at radius 3 is 2.73 bits per heavy atom. The number of carbonyl (C=O) groups excluding carboxylic acids is 2. The lowest BCUT2D eigenvalue weighted by atomic mass is 10.0. The van der Waals surface area contributed by atoms with Gasteiger partial charge in [0.15, 0.2) is 0 Å². The van der Waals surface area contributed by atoms with Crippen LogP contribution in [-0.2, 0) is 28.9 Å². The van der Waals surface area contributed by atoms with E-state index in [9.17, 15) is 9.59 Å². The fourth-order valence-corrected chi connectivity index (χ4v) is 5.13. The summed E-state index contributed by atoms with van der Waals surface area (Å²) in [5.41, 5.74) is 6.72. The second-order valence-corrected chi connectivity index (χ2v) is 9.32. The zero-order valence-electron chi connectivity index (χ0n) is 20.9. The van der Waals surface area contributed by atoms with Gasteiger partial charge in [0.1, 0.15) is 0 Å². The number of aromatic nitrogens is 1. The van der Waals surface area contributed by atoms with Crippen molar-refractivity contribution in [3.05, 3.63) is 113 Å². The summed E-state index contributed by atoms with van der Waals surface area (Å²) in [4.78, 5) is 30.4. The lowest BCUT2D eigenvalue weighted by molar-refractivity contribution is -0.134. The van der Waals surface area contributed by atoms with Gasteiger partial charge in [-0.2, -0.15) is 0 Å². The van der Waals surface area contributed by atoms with Gasteiger partial charge in [-0.3, -0.25) is 0 Å². The van der Waals surface area contributed by atoms with Crippen LogP contribution in [0.25, 0.3) is 17.0 Å². The van der Waals surface area contributed by atoms with Crippen molar-refractivity contribution in [1.82, 2.24) is 15.2 Å². The molecular weight excluding hydrogens is 462 g/mol. The minimum atomic E-state index is -0.378. The summed E-state index contributed by atoms with van der Waals surface area (Å²) >= 11 is 0. The number of H-pyrrole nitrogens is 1. The molecule has 4 aromatic rings. The molecule has 0 aliphatic heterocycles. The first-order valence-corrected chi connectivity index (χ1v) is 12.6. The number of esters is 1. The molecule has 1 unspecified atom stereocenters. The van der Waals surface area contributed by atoms with Gasteiger partial charge in [-0.25, -0.2) is 9.59 Å². The van der Waals surface area contributed by atoms with Crippen molar-refractivity contribution in [2.75, 3.05) is 13.7 Å². The molecule has 37 heavy (non-hydrogen) atoms. The summed E-state index contributed by atoms with van der Waals surface area (Å²) < 4.78 is 4.70. The molecule has 6 nitrogen and oxygen atoms in total. The molecule has 1 aliphatic rings. The van der Waals surface area contributed by atoms with Gasteiger partial charge >= 0.3 is 12.0 Å². The van der Waals surface area contributed by atoms with Crippen molar-refractivity contribution in [1.29, 1.82) is 0 Å². The van der Waals surface area contributed by atoms with E-state index in [2.05, 4.69) is 34.6 Å². The van der Waals surface area contributed by atoms with Gasteiger partial charge in [0.25, 0.3) is 0 Å². The van der Waals surface area contributed by atoms with E-state index in [-0.39, 0.29) is 18.0 Å². The Bertz CT molecular complexity index is 1420. The molecule has 188 valence electrons. The van der Waals surface area contributed by atoms with E-state index < -0.39 is 0 Å². The van der Waals surface area contributed by atoms with Crippen molar-refractivity contribution >= 4 is 29.0 Å². The van der Waals surface area contributed by atoms with Crippen molar-refractivity contribution in [3.8, 4) is 0 Å². The highest BCUT2D eigenvalue weighted by molar-refractivity contribution is 5.87. The van der Waals surface area contributed by atoms with E-state index in [0.717, 1.165) is 35.9 Å². The van der Waals surface area contributed by atoms with Crippen LogP contribution in [0.5, 0.6) is 0 Å². The third kappa shape index (κ3) is 5.59. The van der Waals surface area contributed by atoms with Crippen LogP contribution >= 0.6 is 0 Å². The maximum Gasteiger partial charge on any atom is 0.330 e. The first-order chi connectivity index (χ1) is 18.1. The van der Waals surface area contributed by atoms with Crippen molar-refractivity contribution in [2.45, 2.75) is 31.8 Å². The number of hydrogen-bond donors (Lipinski definition) is 2. The van der Waals surface area contributed by atoms with Gasteiger partial charge in [0.2, 0.25) is 0 Å². The molecule has 1 aliphatic carbocycles. The van der Waals surface area contributed by atoms with E-state index in [1.165, 1.54) is 35.3 Å². The maximum atomic E-state index is 13.6. The highest BCUT2D eigenvalue weighted by atomic mass is 16.5. The topological polar surface area (TPSA) is 74.4 Å². The summed E-state index contributed by atoms with van der Waals surface area (Å²) in [6.45, 7) is 1.09. The van der Waals surface area contributed by atoms with Crippen LogP contribution in [0.2, 0.25) is 0 Å². The Hall–Kier alpha value is -4.32. The standard InChI is InChI=1S/C31H31N3O3/c1-37-30(35)16-12-22-11-14-27-24(19-22)13-15-29(27)34(31(36)33-20-23-7-3-2-4-8-23)18-17-25-21-32-28-10-6-5-9-26(25)28/h2-12,14,16,19,21,29,32H,13,15,17-18,20H2,1H3,(H,33,36)/b16-12+. The lowest BCUT2D eigenvalue weighted by Crippen LogP contribution is -2.42. The van der Waals surface area contributed by atoms with Crippen LogP contribution < -0.4 is 5.32 Å². The zero-order valence-corrected chi connectivity index (χ0v) is 20.9. The van der Waals surface area contributed by atoms with E-state index in [1.807, 2.05) is 59.6 Å². The van der Waals surface area contributed by atoms with Crippen LogP contribution in [-0.4, -0.2) is 35.5 Å². The number of aromatic amines is 1. The number of nitrogens with one attached hydrogen (secondary N) is 2. The molecule has 6 heteroatoms. The number of hydrogen-bond acceptors (Lipinski definition) is 3. The molecule has 0 saturated carbocycles. The highest BCUT2D eigenvalue weighted by Gasteiger charge is 2.31. The van der Waals surface area contributed by atoms with Gasteiger partial charge < -0.3 is 19.9 Å². The molecule has 1 heterocycles. The predicted octanol–water partition coefficient (Wildman–Crippen LogP) is 5.80. The van der Waals surface area contributed by atoms with E-state index in [1.54, 1.807) is 6.08 Å². The summed E-state index contributed by atoms with van der Waals surface area (Å²) in [7, 11) is 1.37. The number of nitrogens with zero attached hydrogens (tertiary/aromatic N) is 1. The molecule has 1 aromatic heterocycles. The largest absolute Gasteiger partial charge is 0.466 e. The van der Waals surface area contributed by atoms with Crippen LogP contribution in [0.1, 0.15) is 40.3 Å². The number of methoxy groups -OCH3 is 1. The molecule has 2 amide bonds. The molecule has 5 rings (SSSR count). The predicted molar refractivity (Wildman–Crippen MR) is 146 cm³/mol. The zero-order chi connectivity index (χ0) is 25.6. The van der Waals surface area contributed by atoms with Crippen LogP contribution in [0, 0.1) is 0 Å². The molecule has 0 saturated heterocycles. The maximum absolute atomic E-state index is 13.6. The molecule has 0 spiro atoms. The van der Waals surface area contributed by atoms with Gasteiger partial charge in [-0.05, 0) is 59.2 Å². The SMILES string of the molecule is COC(=O)/C=C/c1ccc2c(c1)CCC2N(CCc1c[nH]c2ccccc12)C(=O)NCc1ccccc1. The fourth-order valence-electron chi connectivity index (χ4n) is 5.13. The third-order valence-electron chi connectivity index (χ3n) is 7.05. The smallest absolute Gasteiger partial charge is 0.330 e. The first-order valence-electron chi connectivity index (χ1n) is 12.6. The fraction of sp³-hybridized carbons (Fsp3) is 0.226. The number of aryl methyl sites for hydroxylation is 1. The molecule has 0 bridgehead atoms. The van der Waals surface area contributed by atoms with E-state index in [4.69, 9.17) is 4.74 Å². The quantitative estimate of drug-likeness (QED) is 0.241. The number of benzene rings is 3. The summed E-state index contributed by atoms with van der Waals surface area (Å²) in [5, 5.41) is 4.34. The Balaban J connectivity index is 1.37. The summed E-state index contributed by atoms with van der Waals surface area (Å²) in [5.74, 6) is -0.378. The Morgan fingerprint density at radius 2 is 1.89 bits per heavy atom. The number of urea groups is 1. The number of rotatable bonds is 8. The van der Waals surface area contributed by atoms with E-state index >= 15 is 0 Å². The Kier molecular flexibility index (Phi) is 7.36. The normalized spacial score (nSPS) is 14.6. The van der Waals surface area contributed by atoms with Gasteiger partial charge in [-0.1, -0.05) is 66.7 Å². The molecule has 0 radical (unpaired) electrons. The minimum absolute atomic E-state index is 0.00499. The summed E-state index contributed by atoms with van der Waals surface area (Å²) in [6, 6.07) is 24.4. The van der Waals surface area contributed by atoms with Crippen molar-refractivity contribution < 1.29 is 14.3 Å². The van der Waals surface area contributed by atoms with Gasteiger partial charge in [-0.15, -0.1) is 0 Å². The highest BCUT2D eigenvalue weighted by Crippen LogP contribution is 2.37. The van der Waals surface area contributed by atoms with E-state index in [0.29, 0.717) is 13.1 Å². The molecule has 0 fully saturated rings. The second kappa shape index (κ2) is 11.2. The number of carbonyl (C=O) groups is 2. The Labute approximate surface area is 217 Å². The average Bonchev–Trinajstić information content (AvgIpc) is 3.55. The molecule has 1 atom stereocenters. The lowest BCUT2D eigenvalue weighted by Gasteiger charge is -2.30. The number of para-hydroxylation sites is 1. The minimum Gasteiger partial charge on any atom is -0.466 e. The van der Waals surface area contributed by atoms with Gasteiger partial charge in [0.05, 0.1) is 13.2 Å². The Morgan fingerprint density at radius 1 is 1.08 bits per heavy atom. The first kappa shape index (κ1) is 24.4. The monoisotopic (exact) mass is 493 g/mol.